The van der Waals surface area contributed by atoms with Crippen LogP contribution in [0.1, 0.15) is 19.8 Å². The molecular weight excluding hydrogens is 220 g/mol. The van der Waals surface area contributed by atoms with E-state index in [2.05, 4.69) is 6.92 Å². The lowest BCUT2D eigenvalue weighted by Gasteiger charge is -2.22. The number of ether oxygens (including phenoxy) is 1. The maximum absolute atomic E-state index is 5.60. The lowest BCUT2D eigenvalue weighted by atomic mass is 10.3. The van der Waals surface area contributed by atoms with Gasteiger partial charge in [0.25, 0.3) is 0 Å². The highest BCUT2D eigenvalue weighted by molar-refractivity contribution is 6.68. The van der Waals surface area contributed by atoms with E-state index in [-0.39, 0.29) is 6.54 Å². The highest BCUT2D eigenvalue weighted by Gasteiger charge is 2.31. The lowest BCUT2D eigenvalue weighted by molar-refractivity contribution is 0.0598. The average Bonchev–Trinajstić information content (AvgIpc) is 1.95. The Hall–Kier alpha value is 0.790. The zero-order valence-electron chi connectivity index (χ0n) is 7.03. The Balaban J connectivity index is 3.68. The van der Waals surface area contributed by atoms with E-state index in [1.807, 2.05) is 0 Å². The van der Waals surface area contributed by atoms with E-state index in [4.69, 9.17) is 45.3 Å². The highest BCUT2D eigenvalue weighted by atomic mass is 35.6. The fourth-order valence-corrected chi connectivity index (χ4v) is 1.12. The van der Waals surface area contributed by atoms with Crippen LogP contribution in [0.3, 0.4) is 0 Å². The molecule has 0 amide bonds. The molecule has 74 valence electrons. The molecular formula is C7H14Cl3NO. The van der Waals surface area contributed by atoms with Crippen molar-refractivity contribution in [2.75, 3.05) is 13.2 Å². The molecule has 0 radical (unpaired) electrons. The largest absolute Gasteiger partial charge is 0.372 e. The zero-order valence-corrected chi connectivity index (χ0v) is 9.29. The summed E-state index contributed by atoms with van der Waals surface area (Å²) in [6, 6.07) is 0. The zero-order chi connectivity index (χ0) is 9.61. The molecule has 5 heteroatoms. The number of halogens is 3. The standard InChI is InChI=1S/C7H14Cl3NO/c1-2-3-4-12-6(5-11)7(8,9)10/h6H,2-5,11H2,1H3. The number of alkyl halides is 3. The van der Waals surface area contributed by atoms with Crippen LogP contribution in [0.25, 0.3) is 0 Å². The van der Waals surface area contributed by atoms with Crippen molar-refractivity contribution in [1.82, 2.24) is 0 Å². The van der Waals surface area contributed by atoms with Crippen LogP contribution in [-0.4, -0.2) is 23.0 Å². The molecule has 0 aromatic heterocycles. The molecule has 0 heterocycles. The molecule has 1 atom stereocenters. The van der Waals surface area contributed by atoms with Crippen molar-refractivity contribution < 1.29 is 4.74 Å². The fourth-order valence-electron chi connectivity index (χ4n) is 0.666. The Morgan fingerprint density at radius 2 is 2.00 bits per heavy atom. The summed E-state index contributed by atoms with van der Waals surface area (Å²) in [6.45, 7) is 2.88. The number of hydrogen-bond acceptors (Lipinski definition) is 2. The normalized spacial score (nSPS) is 14.8. The minimum atomic E-state index is -1.41. The Labute approximate surface area is 88.3 Å². The third-order valence-electron chi connectivity index (χ3n) is 1.40. The fraction of sp³-hybridized carbons (Fsp3) is 1.00. The predicted octanol–water partition coefficient (Wildman–Crippen LogP) is 2.50. The van der Waals surface area contributed by atoms with Gasteiger partial charge in [-0.25, -0.2) is 0 Å². The molecule has 0 aliphatic heterocycles. The first-order valence-corrected chi connectivity index (χ1v) is 5.04. The van der Waals surface area contributed by atoms with Gasteiger partial charge in [0.15, 0.2) is 0 Å². The number of rotatable bonds is 5. The van der Waals surface area contributed by atoms with Crippen molar-refractivity contribution in [2.24, 2.45) is 5.73 Å². The second-order valence-electron chi connectivity index (χ2n) is 2.49. The van der Waals surface area contributed by atoms with E-state index in [1.54, 1.807) is 0 Å². The maximum atomic E-state index is 5.60. The van der Waals surface area contributed by atoms with Crippen LogP contribution in [0, 0.1) is 0 Å². The molecule has 1 unspecified atom stereocenters. The van der Waals surface area contributed by atoms with Crippen molar-refractivity contribution in [3.8, 4) is 0 Å². The number of nitrogens with two attached hydrogens (primary N) is 1. The van der Waals surface area contributed by atoms with Gasteiger partial charge in [-0.15, -0.1) is 0 Å². The van der Waals surface area contributed by atoms with Crippen LogP contribution >= 0.6 is 34.8 Å². The van der Waals surface area contributed by atoms with Gasteiger partial charge in [0.1, 0.15) is 6.10 Å². The Morgan fingerprint density at radius 3 is 2.33 bits per heavy atom. The SMILES string of the molecule is CCCCOC(CN)C(Cl)(Cl)Cl. The molecule has 0 aromatic carbocycles. The average molecular weight is 235 g/mol. The monoisotopic (exact) mass is 233 g/mol. The molecule has 0 rings (SSSR count). The van der Waals surface area contributed by atoms with Crippen molar-refractivity contribution in [3.05, 3.63) is 0 Å². The van der Waals surface area contributed by atoms with Crippen molar-refractivity contribution in [2.45, 2.75) is 29.7 Å². The van der Waals surface area contributed by atoms with Crippen molar-refractivity contribution in [1.29, 1.82) is 0 Å². The second-order valence-corrected chi connectivity index (χ2v) is 4.86. The quantitative estimate of drug-likeness (QED) is 0.586. The van der Waals surface area contributed by atoms with Gasteiger partial charge in [0.05, 0.1) is 0 Å². The molecule has 2 N–H and O–H groups in total. The molecule has 0 bridgehead atoms. The Bertz CT molecular complexity index is 116. The van der Waals surface area contributed by atoms with E-state index < -0.39 is 9.90 Å². The van der Waals surface area contributed by atoms with E-state index in [0.29, 0.717) is 6.61 Å². The molecule has 0 fully saturated rings. The van der Waals surface area contributed by atoms with Gasteiger partial charge >= 0.3 is 0 Å². The van der Waals surface area contributed by atoms with Crippen LogP contribution in [0.4, 0.5) is 0 Å². The van der Waals surface area contributed by atoms with Crippen LogP contribution < -0.4 is 5.73 Å². The Morgan fingerprint density at radius 1 is 1.42 bits per heavy atom. The summed E-state index contributed by atoms with van der Waals surface area (Å²) in [4.78, 5) is 0. The van der Waals surface area contributed by atoms with Crippen molar-refractivity contribution in [3.63, 3.8) is 0 Å². The number of hydrogen-bond donors (Lipinski definition) is 1. The summed E-state index contributed by atoms with van der Waals surface area (Å²) in [7, 11) is 0. The molecule has 0 saturated heterocycles. The second kappa shape index (κ2) is 6.28. The predicted molar refractivity (Wildman–Crippen MR) is 54.0 cm³/mol. The highest BCUT2D eigenvalue weighted by Crippen LogP contribution is 2.31. The van der Waals surface area contributed by atoms with Crippen LogP contribution in [0.15, 0.2) is 0 Å². The third kappa shape index (κ3) is 5.44. The van der Waals surface area contributed by atoms with Crippen molar-refractivity contribution >= 4 is 34.8 Å². The topological polar surface area (TPSA) is 35.2 Å². The lowest BCUT2D eigenvalue weighted by Crippen LogP contribution is -2.36. The van der Waals surface area contributed by atoms with Gasteiger partial charge in [0.2, 0.25) is 3.79 Å². The first kappa shape index (κ1) is 12.8. The minimum absolute atomic E-state index is 0.222. The van der Waals surface area contributed by atoms with Gasteiger partial charge in [0, 0.05) is 13.2 Å². The van der Waals surface area contributed by atoms with E-state index >= 15 is 0 Å². The summed E-state index contributed by atoms with van der Waals surface area (Å²) in [5.41, 5.74) is 5.36. The van der Waals surface area contributed by atoms with E-state index in [9.17, 15) is 0 Å². The maximum Gasteiger partial charge on any atom is 0.217 e. The van der Waals surface area contributed by atoms with Gasteiger partial charge in [-0.3, -0.25) is 0 Å². The summed E-state index contributed by atoms with van der Waals surface area (Å²) in [5, 5.41) is 0. The summed E-state index contributed by atoms with van der Waals surface area (Å²) < 4.78 is 3.86. The van der Waals surface area contributed by atoms with E-state index in [0.717, 1.165) is 12.8 Å². The summed E-state index contributed by atoms with van der Waals surface area (Å²) in [6.07, 6.45) is 1.50. The molecule has 0 spiro atoms. The Kier molecular flexibility index (Phi) is 6.69. The molecule has 0 saturated carbocycles. The van der Waals surface area contributed by atoms with Crippen LogP contribution in [-0.2, 0) is 4.74 Å². The molecule has 12 heavy (non-hydrogen) atoms. The minimum Gasteiger partial charge on any atom is -0.372 e. The first-order chi connectivity index (χ1) is 5.52. The van der Waals surface area contributed by atoms with Gasteiger partial charge in [-0.05, 0) is 6.42 Å². The van der Waals surface area contributed by atoms with Crippen LogP contribution in [0.2, 0.25) is 0 Å². The van der Waals surface area contributed by atoms with Crippen LogP contribution in [0.5, 0.6) is 0 Å². The third-order valence-corrected chi connectivity index (χ3v) is 2.13. The first-order valence-electron chi connectivity index (χ1n) is 3.90. The smallest absolute Gasteiger partial charge is 0.217 e. The van der Waals surface area contributed by atoms with Gasteiger partial charge in [-0.2, -0.15) is 0 Å². The van der Waals surface area contributed by atoms with Gasteiger partial charge < -0.3 is 10.5 Å². The van der Waals surface area contributed by atoms with Gasteiger partial charge in [-0.1, -0.05) is 48.1 Å². The molecule has 0 aliphatic carbocycles. The molecule has 0 aliphatic rings. The molecule has 0 aromatic rings. The van der Waals surface area contributed by atoms with E-state index in [1.165, 1.54) is 0 Å². The summed E-state index contributed by atoms with van der Waals surface area (Å²) in [5.74, 6) is 0. The summed E-state index contributed by atoms with van der Waals surface area (Å²) >= 11 is 16.8. The molecule has 2 nitrogen and oxygen atoms in total. The number of unbranched alkanes of at least 4 members (excludes halogenated alkanes) is 1.